The Balaban J connectivity index is 1.78. The van der Waals surface area contributed by atoms with Crippen LogP contribution in [0.15, 0.2) is 36.5 Å². The zero-order valence-corrected chi connectivity index (χ0v) is 14.1. The monoisotopic (exact) mass is 325 g/mol. The minimum absolute atomic E-state index is 0.0123. The van der Waals surface area contributed by atoms with Crippen LogP contribution >= 0.6 is 0 Å². The number of pyridine rings is 1. The molecule has 1 heterocycles. The van der Waals surface area contributed by atoms with E-state index >= 15 is 0 Å². The van der Waals surface area contributed by atoms with Crippen molar-refractivity contribution in [2.45, 2.75) is 39.2 Å². The number of aryl methyl sites for hydroxylation is 1. The molecule has 3 rings (SSSR count). The Kier molecular flexibility index (Phi) is 4.81. The van der Waals surface area contributed by atoms with Gasteiger partial charge in [0.05, 0.1) is 0 Å². The number of nitrogens with one attached hydrogen (secondary N) is 1. The number of nitrogens with two attached hydrogens (primary N) is 1. The van der Waals surface area contributed by atoms with E-state index in [9.17, 15) is 4.79 Å². The molecule has 0 saturated heterocycles. The predicted octanol–water partition coefficient (Wildman–Crippen LogP) is 3.56. The van der Waals surface area contributed by atoms with Crippen molar-refractivity contribution < 1.29 is 9.53 Å². The van der Waals surface area contributed by atoms with E-state index in [1.165, 1.54) is 0 Å². The van der Waals surface area contributed by atoms with Crippen molar-refractivity contribution in [3.05, 3.63) is 47.7 Å². The highest BCUT2D eigenvalue weighted by Gasteiger charge is 2.28. The first-order valence-electron chi connectivity index (χ1n) is 8.30. The average molecular weight is 325 g/mol. The van der Waals surface area contributed by atoms with Crippen LogP contribution in [0.3, 0.4) is 0 Å². The van der Waals surface area contributed by atoms with Crippen LogP contribution in [0, 0.1) is 19.8 Å². The fourth-order valence-corrected chi connectivity index (χ4v) is 3.00. The molecule has 3 N–H and O–H groups in total. The highest BCUT2D eigenvalue weighted by atomic mass is 16.5. The molecule has 0 spiro atoms. The summed E-state index contributed by atoms with van der Waals surface area (Å²) >= 11 is 0. The number of carbonyl (C=O) groups excluding carboxylic acids is 1. The first-order chi connectivity index (χ1) is 11.5. The zero-order valence-electron chi connectivity index (χ0n) is 14.1. The SMILES string of the molecule is Cc1cccc(Oc2ncccc2NC(=O)C2CCC(N)C2)c1C. The van der Waals surface area contributed by atoms with E-state index in [0.717, 1.165) is 36.1 Å². The van der Waals surface area contributed by atoms with Crippen molar-refractivity contribution in [2.24, 2.45) is 11.7 Å². The smallest absolute Gasteiger partial charge is 0.243 e. The van der Waals surface area contributed by atoms with Gasteiger partial charge in [-0.3, -0.25) is 4.79 Å². The molecule has 0 bridgehead atoms. The summed E-state index contributed by atoms with van der Waals surface area (Å²) in [5, 5.41) is 2.95. The Hall–Kier alpha value is -2.40. The lowest BCUT2D eigenvalue weighted by Crippen LogP contribution is -2.23. The third kappa shape index (κ3) is 3.57. The van der Waals surface area contributed by atoms with Crippen molar-refractivity contribution in [3.8, 4) is 11.6 Å². The number of rotatable bonds is 4. The van der Waals surface area contributed by atoms with Crippen molar-refractivity contribution in [1.82, 2.24) is 4.98 Å². The molecule has 1 saturated carbocycles. The molecule has 2 unspecified atom stereocenters. The van der Waals surface area contributed by atoms with Crippen molar-refractivity contribution >= 4 is 11.6 Å². The van der Waals surface area contributed by atoms with E-state index in [0.29, 0.717) is 11.6 Å². The van der Waals surface area contributed by atoms with Gasteiger partial charge in [0.2, 0.25) is 11.8 Å². The number of benzene rings is 1. The molecule has 1 aromatic carbocycles. The van der Waals surface area contributed by atoms with Crippen molar-refractivity contribution in [3.63, 3.8) is 0 Å². The maximum Gasteiger partial charge on any atom is 0.243 e. The molecule has 1 amide bonds. The summed E-state index contributed by atoms with van der Waals surface area (Å²) in [5.74, 6) is 1.10. The number of anilines is 1. The fourth-order valence-electron chi connectivity index (χ4n) is 3.00. The summed E-state index contributed by atoms with van der Waals surface area (Å²) in [5.41, 5.74) is 8.69. The molecule has 0 radical (unpaired) electrons. The Morgan fingerprint density at radius 2 is 2.08 bits per heavy atom. The standard InChI is InChI=1S/C19H23N3O2/c1-12-5-3-7-17(13(12)2)24-19-16(6-4-10-21-19)22-18(23)14-8-9-15(20)11-14/h3-7,10,14-15H,8-9,11,20H2,1-2H3,(H,22,23). The zero-order chi connectivity index (χ0) is 17.1. The Morgan fingerprint density at radius 1 is 1.25 bits per heavy atom. The highest BCUT2D eigenvalue weighted by molar-refractivity contribution is 5.93. The summed E-state index contributed by atoms with van der Waals surface area (Å²) < 4.78 is 5.96. The molecule has 0 aliphatic heterocycles. The first-order valence-corrected chi connectivity index (χ1v) is 8.30. The highest BCUT2D eigenvalue weighted by Crippen LogP contribution is 2.32. The van der Waals surface area contributed by atoms with Gasteiger partial charge >= 0.3 is 0 Å². The number of carbonyl (C=O) groups is 1. The molecule has 126 valence electrons. The van der Waals surface area contributed by atoms with Gasteiger partial charge in [0, 0.05) is 18.2 Å². The first kappa shape index (κ1) is 16.5. The third-order valence-electron chi connectivity index (χ3n) is 4.63. The lowest BCUT2D eigenvalue weighted by Gasteiger charge is -2.15. The van der Waals surface area contributed by atoms with Gasteiger partial charge < -0.3 is 15.8 Å². The summed E-state index contributed by atoms with van der Waals surface area (Å²) in [7, 11) is 0. The molecule has 2 atom stereocenters. The van der Waals surface area contributed by atoms with E-state index in [-0.39, 0.29) is 17.9 Å². The van der Waals surface area contributed by atoms with Gasteiger partial charge in [-0.25, -0.2) is 4.98 Å². The maximum absolute atomic E-state index is 12.4. The minimum atomic E-state index is -0.0336. The molecule has 1 aliphatic rings. The van der Waals surface area contributed by atoms with E-state index < -0.39 is 0 Å². The topological polar surface area (TPSA) is 77.2 Å². The van der Waals surface area contributed by atoms with Crippen LogP contribution in [0.1, 0.15) is 30.4 Å². The van der Waals surface area contributed by atoms with Gasteiger partial charge in [-0.05, 0) is 62.4 Å². The Morgan fingerprint density at radius 3 is 2.83 bits per heavy atom. The molecule has 1 fully saturated rings. The summed E-state index contributed by atoms with van der Waals surface area (Å²) in [6.45, 7) is 4.04. The predicted molar refractivity (Wildman–Crippen MR) is 94.2 cm³/mol. The van der Waals surface area contributed by atoms with Crippen LogP contribution in [0.5, 0.6) is 11.6 Å². The lowest BCUT2D eigenvalue weighted by atomic mass is 10.1. The second kappa shape index (κ2) is 7.01. The molecule has 1 aliphatic carbocycles. The number of amides is 1. The molecule has 5 heteroatoms. The molecule has 24 heavy (non-hydrogen) atoms. The molecular formula is C19H23N3O2. The summed E-state index contributed by atoms with van der Waals surface area (Å²) in [4.78, 5) is 16.7. The normalized spacial score (nSPS) is 20.0. The van der Waals surface area contributed by atoms with E-state index in [4.69, 9.17) is 10.5 Å². The largest absolute Gasteiger partial charge is 0.437 e. The molecule has 2 aromatic rings. The van der Waals surface area contributed by atoms with Crippen LogP contribution < -0.4 is 15.8 Å². The number of aromatic nitrogens is 1. The molecule has 1 aromatic heterocycles. The third-order valence-corrected chi connectivity index (χ3v) is 4.63. The number of nitrogens with zero attached hydrogens (tertiary/aromatic N) is 1. The minimum Gasteiger partial charge on any atom is -0.437 e. The van der Waals surface area contributed by atoms with E-state index in [1.54, 1.807) is 18.3 Å². The van der Waals surface area contributed by atoms with Crippen molar-refractivity contribution in [2.75, 3.05) is 5.32 Å². The maximum atomic E-state index is 12.4. The van der Waals surface area contributed by atoms with Gasteiger partial charge in [0.1, 0.15) is 11.4 Å². The Labute approximate surface area is 142 Å². The lowest BCUT2D eigenvalue weighted by molar-refractivity contribution is -0.119. The number of hydrogen-bond donors (Lipinski definition) is 2. The summed E-state index contributed by atoms with van der Waals surface area (Å²) in [6, 6.07) is 9.59. The van der Waals surface area contributed by atoms with Crippen molar-refractivity contribution in [1.29, 1.82) is 0 Å². The number of hydrogen-bond acceptors (Lipinski definition) is 4. The van der Waals surface area contributed by atoms with Crippen LogP contribution in [0.25, 0.3) is 0 Å². The summed E-state index contributed by atoms with van der Waals surface area (Å²) in [6.07, 6.45) is 4.12. The Bertz CT molecular complexity index is 745. The van der Waals surface area contributed by atoms with Gasteiger partial charge in [0.15, 0.2) is 0 Å². The van der Waals surface area contributed by atoms with Crippen LogP contribution in [-0.4, -0.2) is 16.9 Å². The number of ether oxygens (including phenoxy) is 1. The van der Waals surface area contributed by atoms with E-state index in [2.05, 4.69) is 10.3 Å². The van der Waals surface area contributed by atoms with Gasteiger partial charge in [0.25, 0.3) is 0 Å². The second-order valence-electron chi connectivity index (χ2n) is 6.42. The average Bonchev–Trinajstić information content (AvgIpc) is 3.00. The van der Waals surface area contributed by atoms with Gasteiger partial charge in [-0.1, -0.05) is 12.1 Å². The van der Waals surface area contributed by atoms with Gasteiger partial charge in [-0.15, -0.1) is 0 Å². The molecule has 5 nitrogen and oxygen atoms in total. The molecular weight excluding hydrogens is 302 g/mol. The second-order valence-corrected chi connectivity index (χ2v) is 6.42. The van der Waals surface area contributed by atoms with Crippen LogP contribution in [0.2, 0.25) is 0 Å². The van der Waals surface area contributed by atoms with E-state index in [1.807, 2.05) is 32.0 Å². The fraction of sp³-hybridized carbons (Fsp3) is 0.368. The van der Waals surface area contributed by atoms with Crippen LogP contribution in [-0.2, 0) is 4.79 Å². The van der Waals surface area contributed by atoms with Crippen LogP contribution in [0.4, 0.5) is 5.69 Å². The quantitative estimate of drug-likeness (QED) is 0.901. The van der Waals surface area contributed by atoms with Gasteiger partial charge in [-0.2, -0.15) is 0 Å².